The molecule has 9 heteroatoms. The number of hydrogen-bond donors (Lipinski definition) is 4. The Morgan fingerprint density at radius 3 is 2.16 bits per heavy atom. The number of aliphatic hydroxyl groups is 2. The number of nitrogens with one attached hydrogen (secondary N) is 1. The second-order valence-corrected chi connectivity index (χ2v) is 6.13. The molecule has 1 aliphatic carbocycles. The van der Waals surface area contributed by atoms with Gasteiger partial charge in [0.05, 0.1) is 30.9 Å². The average Bonchev–Trinajstić information content (AvgIpc) is 2.80. The van der Waals surface area contributed by atoms with Gasteiger partial charge in [0.2, 0.25) is 11.7 Å². The number of benzene rings is 2. The molecule has 0 saturated carbocycles. The van der Waals surface area contributed by atoms with Crippen LogP contribution in [0.3, 0.4) is 0 Å². The quantitative estimate of drug-likeness (QED) is 0.416. The molecule has 31 heavy (non-hydrogen) atoms. The van der Waals surface area contributed by atoms with Crippen molar-refractivity contribution in [2.45, 2.75) is 13.8 Å². The van der Waals surface area contributed by atoms with E-state index in [2.05, 4.69) is 5.32 Å². The molecule has 0 saturated heterocycles. The molecule has 0 radical (unpaired) electrons. The van der Waals surface area contributed by atoms with Crippen LogP contribution >= 0.6 is 0 Å². The third-order valence-corrected chi connectivity index (χ3v) is 4.24. The van der Waals surface area contributed by atoms with Crippen LogP contribution in [0.15, 0.2) is 30.3 Å². The number of amides is 1. The van der Waals surface area contributed by atoms with Gasteiger partial charge >= 0.3 is 0 Å². The molecule has 0 atom stereocenters. The fourth-order valence-corrected chi connectivity index (χ4v) is 3.08. The normalized spacial score (nSPS) is 11.6. The van der Waals surface area contributed by atoms with Crippen LogP contribution in [0.25, 0.3) is 0 Å². The van der Waals surface area contributed by atoms with Crippen molar-refractivity contribution in [2.75, 3.05) is 38.3 Å². The van der Waals surface area contributed by atoms with Crippen LogP contribution in [-0.4, -0.2) is 60.7 Å². The number of aliphatic hydroxyl groups excluding tert-OH is 2. The summed E-state index contributed by atoms with van der Waals surface area (Å²) in [6.45, 7) is 3.03. The molecule has 1 aliphatic rings. The van der Waals surface area contributed by atoms with Crippen LogP contribution in [0, 0.1) is 0 Å². The van der Waals surface area contributed by atoms with Crippen molar-refractivity contribution < 1.29 is 34.1 Å². The van der Waals surface area contributed by atoms with Gasteiger partial charge < -0.3 is 30.7 Å². The van der Waals surface area contributed by atoms with Gasteiger partial charge in [-0.3, -0.25) is 14.4 Å². The Labute approximate surface area is 179 Å². The van der Waals surface area contributed by atoms with Crippen molar-refractivity contribution in [2.24, 2.45) is 5.73 Å². The van der Waals surface area contributed by atoms with Gasteiger partial charge in [-0.1, -0.05) is 26.0 Å². The zero-order valence-electron chi connectivity index (χ0n) is 17.4. The van der Waals surface area contributed by atoms with Gasteiger partial charge in [0.1, 0.15) is 24.7 Å². The molecule has 0 aromatic heterocycles. The van der Waals surface area contributed by atoms with Crippen molar-refractivity contribution >= 4 is 23.2 Å². The van der Waals surface area contributed by atoms with Gasteiger partial charge in [0.25, 0.3) is 0 Å². The van der Waals surface area contributed by atoms with Gasteiger partial charge in [-0.25, -0.2) is 0 Å². The van der Waals surface area contributed by atoms with Crippen LogP contribution < -0.4 is 20.5 Å². The fourth-order valence-electron chi connectivity index (χ4n) is 3.08. The SMILES string of the molecule is CC.NCC(=O)Nc1cc(OCCO)c2c(c1)C(=O)c1cccc(OCCO)c1C2=O. The van der Waals surface area contributed by atoms with Crippen molar-refractivity contribution in [1.82, 2.24) is 0 Å². The van der Waals surface area contributed by atoms with Crippen LogP contribution in [0.2, 0.25) is 0 Å². The minimum absolute atomic E-state index is 0.0155. The van der Waals surface area contributed by atoms with E-state index in [0.29, 0.717) is 0 Å². The zero-order chi connectivity index (χ0) is 23.0. The van der Waals surface area contributed by atoms with Crippen molar-refractivity contribution in [1.29, 1.82) is 0 Å². The minimum Gasteiger partial charge on any atom is -0.490 e. The van der Waals surface area contributed by atoms with E-state index in [0.717, 1.165) is 0 Å². The number of nitrogens with two attached hydrogens (primary N) is 1. The maximum atomic E-state index is 13.3. The molecule has 5 N–H and O–H groups in total. The van der Waals surface area contributed by atoms with E-state index in [1.54, 1.807) is 6.07 Å². The Balaban J connectivity index is 0.00000166. The summed E-state index contributed by atoms with van der Waals surface area (Å²) in [6.07, 6.45) is 0. The highest BCUT2D eigenvalue weighted by molar-refractivity contribution is 6.30. The fraction of sp³-hybridized carbons (Fsp3) is 0.318. The lowest BCUT2D eigenvalue weighted by molar-refractivity contribution is -0.114. The lowest BCUT2D eigenvalue weighted by Crippen LogP contribution is -2.25. The topological polar surface area (TPSA) is 148 Å². The van der Waals surface area contributed by atoms with Gasteiger partial charge in [0, 0.05) is 22.9 Å². The van der Waals surface area contributed by atoms with Gasteiger partial charge in [-0.2, -0.15) is 0 Å². The summed E-state index contributed by atoms with van der Waals surface area (Å²) in [4.78, 5) is 38.0. The molecule has 2 aromatic rings. The number of hydrogen-bond acceptors (Lipinski definition) is 8. The summed E-state index contributed by atoms with van der Waals surface area (Å²) >= 11 is 0. The number of carbonyl (C=O) groups excluding carboxylic acids is 3. The highest BCUT2D eigenvalue weighted by Gasteiger charge is 2.35. The Kier molecular flexibility index (Phi) is 8.68. The van der Waals surface area contributed by atoms with Gasteiger partial charge in [-0.05, 0) is 12.1 Å². The van der Waals surface area contributed by atoms with E-state index < -0.39 is 17.5 Å². The molecule has 0 unspecified atom stereocenters. The lowest BCUT2D eigenvalue weighted by Gasteiger charge is -2.23. The highest BCUT2D eigenvalue weighted by Crippen LogP contribution is 2.39. The van der Waals surface area contributed by atoms with Gasteiger partial charge in [0.15, 0.2) is 5.78 Å². The molecular weight excluding hydrogens is 404 g/mol. The van der Waals surface area contributed by atoms with Crippen molar-refractivity contribution in [3.05, 3.63) is 52.6 Å². The van der Waals surface area contributed by atoms with E-state index >= 15 is 0 Å². The summed E-state index contributed by atoms with van der Waals surface area (Å²) in [5.74, 6) is -1.19. The summed E-state index contributed by atoms with van der Waals surface area (Å²) in [5, 5.41) is 20.6. The lowest BCUT2D eigenvalue weighted by atomic mass is 9.82. The highest BCUT2D eigenvalue weighted by atomic mass is 16.5. The number of ketones is 2. The second kappa shape index (κ2) is 11.2. The summed E-state index contributed by atoms with van der Waals surface area (Å²) in [5.41, 5.74) is 5.85. The average molecular weight is 430 g/mol. The predicted molar refractivity (Wildman–Crippen MR) is 114 cm³/mol. The maximum Gasteiger partial charge on any atom is 0.238 e. The van der Waals surface area contributed by atoms with Crippen molar-refractivity contribution in [3.8, 4) is 11.5 Å². The first-order chi connectivity index (χ1) is 15.0. The molecule has 0 aliphatic heterocycles. The number of fused-ring (bicyclic) bond motifs is 2. The molecule has 3 rings (SSSR count). The molecule has 0 bridgehead atoms. The molecular formula is C22H26N2O7. The molecule has 1 amide bonds. The number of rotatable bonds is 8. The first-order valence-electron chi connectivity index (χ1n) is 9.89. The molecule has 166 valence electrons. The largest absolute Gasteiger partial charge is 0.490 e. The number of ether oxygens (including phenoxy) is 2. The molecule has 9 nitrogen and oxygen atoms in total. The summed E-state index contributed by atoms with van der Waals surface area (Å²) in [6, 6.07) is 7.40. The molecule has 0 fully saturated rings. The first-order valence-corrected chi connectivity index (χ1v) is 9.89. The first kappa shape index (κ1) is 24.0. The van der Waals surface area contributed by atoms with E-state index in [9.17, 15) is 14.4 Å². The Morgan fingerprint density at radius 2 is 1.55 bits per heavy atom. The van der Waals surface area contributed by atoms with Crippen LogP contribution in [0.4, 0.5) is 5.69 Å². The zero-order valence-corrected chi connectivity index (χ0v) is 17.4. The molecule has 0 spiro atoms. The third-order valence-electron chi connectivity index (χ3n) is 4.24. The minimum atomic E-state index is -0.493. The standard InChI is InChI=1S/C20H20N2O7.C2H6/c21-10-16(25)22-11-8-13-18(15(9-11)29-7-5-24)20(27)17-12(19(13)26)2-1-3-14(17)28-6-4-23;1-2/h1-3,8-9,23-24H,4-7,10,21H2,(H,22,25);1-2H3. The number of anilines is 1. The maximum absolute atomic E-state index is 13.3. The van der Waals surface area contributed by atoms with Crippen molar-refractivity contribution in [3.63, 3.8) is 0 Å². The van der Waals surface area contributed by atoms with E-state index in [1.807, 2.05) is 13.8 Å². The van der Waals surface area contributed by atoms with Crippen LogP contribution in [0.5, 0.6) is 11.5 Å². The number of carbonyl (C=O) groups is 3. The smallest absolute Gasteiger partial charge is 0.238 e. The monoisotopic (exact) mass is 430 g/mol. The third kappa shape index (κ3) is 5.08. The summed E-state index contributed by atoms with van der Waals surface area (Å²) in [7, 11) is 0. The van der Waals surface area contributed by atoms with Crippen LogP contribution in [-0.2, 0) is 4.79 Å². The van der Waals surface area contributed by atoms with E-state index in [-0.39, 0.29) is 72.4 Å². The van der Waals surface area contributed by atoms with E-state index in [1.165, 1.54) is 24.3 Å². The summed E-state index contributed by atoms with van der Waals surface area (Å²) < 4.78 is 10.9. The Bertz CT molecular complexity index is 973. The van der Waals surface area contributed by atoms with E-state index in [4.69, 9.17) is 25.4 Å². The predicted octanol–water partition coefficient (Wildman–Crippen LogP) is 1.13. The van der Waals surface area contributed by atoms with Gasteiger partial charge in [-0.15, -0.1) is 0 Å². The van der Waals surface area contributed by atoms with Crippen LogP contribution in [0.1, 0.15) is 45.7 Å². The molecule has 0 heterocycles. The molecule has 2 aromatic carbocycles. The Morgan fingerprint density at radius 1 is 0.935 bits per heavy atom. The second-order valence-electron chi connectivity index (χ2n) is 6.13. The Hall–Kier alpha value is -3.27.